The van der Waals surface area contributed by atoms with Gasteiger partial charge in [-0.15, -0.1) is 0 Å². The van der Waals surface area contributed by atoms with Crippen LogP contribution in [0.15, 0.2) is 60.7 Å². The highest BCUT2D eigenvalue weighted by molar-refractivity contribution is 5.15. The van der Waals surface area contributed by atoms with E-state index in [1.807, 2.05) is 0 Å². The molecule has 30 heavy (non-hydrogen) atoms. The summed E-state index contributed by atoms with van der Waals surface area (Å²) in [5.41, 5.74) is 2.93. The summed E-state index contributed by atoms with van der Waals surface area (Å²) < 4.78 is 0. The number of benzene rings is 2. The first kappa shape index (κ1) is 21.5. The Kier molecular flexibility index (Phi) is 7.96. The highest BCUT2D eigenvalue weighted by atomic mass is 15.3. The Hall–Kier alpha value is -1.68. The SMILES string of the molecule is CN(C1CCCN(CCc2ccccc2)C1)C1CCCN(CCc2ccccc2)C1. The molecule has 3 nitrogen and oxygen atoms in total. The lowest BCUT2D eigenvalue weighted by molar-refractivity contribution is 0.0483. The predicted octanol–water partition coefficient (Wildman–Crippen LogP) is 4.33. The molecule has 2 fully saturated rings. The average molecular weight is 406 g/mol. The molecule has 0 radical (unpaired) electrons. The molecule has 0 saturated carbocycles. The van der Waals surface area contributed by atoms with Crippen LogP contribution in [0.25, 0.3) is 0 Å². The van der Waals surface area contributed by atoms with Gasteiger partial charge in [0.15, 0.2) is 0 Å². The van der Waals surface area contributed by atoms with Crippen LogP contribution in [-0.2, 0) is 12.8 Å². The molecule has 0 aliphatic carbocycles. The van der Waals surface area contributed by atoms with E-state index in [-0.39, 0.29) is 0 Å². The number of hydrogen-bond acceptors (Lipinski definition) is 3. The Morgan fingerprint density at radius 3 is 1.57 bits per heavy atom. The van der Waals surface area contributed by atoms with Gasteiger partial charge in [0.05, 0.1) is 0 Å². The van der Waals surface area contributed by atoms with E-state index < -0.39 is 0 Å². The third kappa shape index (κ3) is 6.16. The molecule has 2 saturated heterocycles. The molecule has 162 valence electrons. The van der Waals surface area contributed by atoms with Gasteiger partial charge in [-0.3, -0.25) is 4.90 Å². The first-order valence-corrected chi connectivity index (χ1v) is 12.0. The van der Waals surface area contributed by atoms with Gasteiger partial charge in [-0.2, -0.15) is 0 Å². The smallest absolute Gasteiger partial charge is 0.0224 e. The maximum atomic E-state index is 2.74. The summed E-state index contributed by atoms with van der Waals surface area (Å²) in [7, 11) is 2.40. The lowest BCUT2D eigenvalue weighted by atomic mass is 9.98. The number of piperidine rings is 2. The molecule has 3 heteroatoms. The number of rotatable bonds is 8. The lowest BCUT2D eigenvalue weighted by Crippen LogP contribution is -2.54. The largest absolute Gasteiger partial charge is 0.301 e. The molecule has 2 unspecified atom stereocenters. The average Bonchev–Trinajstić information content (AvgIpc) is 2.83. The molecule has 2 aromatic carbocycles. The van der Waals surface area contributed by atoms with Crippen molar-refractivity contribution in [1.29, 1.82) is 0 Å². The van der Waals surface area contributed by atoms with Crippen molar-refractivity contribution in [1.82, 2.24) is 14.7 Å². The zero-order valence-electron chi connectivity index (χ0n) is 18.8. The van der Waals surface area contributed by atoms with Gasteiger partial charge >= 0.3 is 0 Å². The summed E-state index contributed by atoms with van der Waals surface area (Å²) in [6, 6.07) is 23.4. The minimum absolute atomic E-state index is 0.716. The fourth-order valence-electron chi connectivity index (χ4n) is 5.30. The molecule has 0 aromatic heterocycles. The van der Waals surface area contributed by atoms with Crippen molar-refractivity contribution in [2.75, 3.05) is 46.3 Å². The molecule has 2 atom stereocenters. The topological polar surface area (TPSA) is 9.72 Å². The lowest BCUT2D eigenvalue weighted by Gasteiger charge is -2.44. The van der Waals surface area contributed by atoms with Crippen LogP contribution in [0.4, 0.5) is 0 Å². The van der Waals surface area contributed by atoms with Gasteiger partial charge < -0.3 is 9.80 Å². The van der Waals surface area contributed by atoms with Crippen molar-refractivity contribution in [3.05, 3.63) is 71.8 Å². The normalized spacial score (nSPS) is 23.7. The van der Waals surface area contributed by atoms with Crippen molar-refractivity contribution in [2.45, 2.75) is 50.6 Å². The second-order valence-corrected chi connectivity index (χ2v) is 9.33. The molecule has 0 spiro atoms. The maximum Gasteiger partial charge on any atom is 0.0224 e. The number of hydrogen-bond donors (Lipinski definition) is 0. The first-order chi connectivity index (χ1) is 14.8. The second-order valence-electron chi connectivity index (χ2n) is 9.33. The Labute approximate surface area is 183 Å². The molecule has 0 bridgehead atoms. The van der Waals surface area contributed by atoms with Crippen molar-refractivity contribution < 1.29 is 0 Å². The molecule has 4 rings (SSSR count). The minimum atomic E-state index is 0.716. The molecular weight excluding hydrogens is 366 g/mol. The van der Waals surface area contributed by atoms with Crippen molar-refractivity contribution in [3.63, 3.8) is 0 Å². The fraction of sp³-hybridized carbons (Fsp3) is 0.556. The number of likely N-dealkylation sites (tertiary alicyclic amines) is 2. The summed E-state index contributed by atoms with van der Waals surface area (Å²) in [4.78, 5) is 8.14. The van der Waals surface area contributed by atoms with Gasteiger partial charge in [0.25, 0.3) is 0 Å². The molecule has 2 aromatic rings. The maximum absolute atomic E-state index is 2.74. The van der Waals surface area contributed by atoms with E-state index in [0.29, 0.717) is 12.1 Å². The second kappa shape index (κ2) is 11.1. The fourth-order valence-corrected chi connectivity index (χ4v) is 5.30. The monoisotopic (exact) mass is 405 g/mol. The standard InChI is InChI=1S/C27H39N3/c1-28(26-14-8-18-29(22-26)20-16-24-10-4-2-5-11-24)27-15-9-19-30(23-27)21-17-25-12-6-3-7-13-25/h2-7,10-13,26-27H,8-9,14-23H2,1H3. The molecule has 2 aliphatic heterocycles. The number of nitrogens with zero attached hydrogens (tertiary/aromatic N) is 3. The molecule has 0 N–H and O–H groups in total. The van der Waals surface area contributed by atoms with Crippen LogP contribution in [0.5, 0.6) is 0 Å². The van der Waals surface area contributed by atoms with E-state index in [0.717, 1.165) is 0 Å². The van der Waals surface area contributed by atoms with E-state index in [1.54, 1.807) is 0 Å². The van der Waals surface area contributed by atoms with E-state index in [9.17, 15) is 0 Å². The van der Waals surface area contributed by atoms with Crippen molar-refractivity contribution >= 4 is 0 Å². The summed E-state index contributed by atoms with van der Waals surface area (Å²) in [6.45, 7) is 7.41. The third-order valence-corrected chi connectivity index (χ3v) is 7.23. The summed E-state index contributed by atoms with van der Waals surface area (Å²) in [5.74, 6) is 0. The Balaban J connectivity index is 1.24. The summed E-state index contributed by atoms with van der Waals surface area (Å²) in [6.07, 6.45) is 7.75. The quantitative estimate of drug-likeness (QED) is 0.647. The van der Waals surface area contributed by atoms with Crippen LogP contribution in [-0.4, -0.2) is 73.1 Å². The van der Waals surface area contributed by atoms with Gasteiger partial charge in [-0.1, -0.05) is 60.7 Å². The highest BCUT2D eigenvalue weighted by Gasteiger charge is 2.30. The van der Waals surface area contributed by atoms with Gasteiger partial charge in [-0.05, 0) is 69.8 Å². The predicted molar refractivity (Wildman–Crippen MR) is 127 cm³/mol. The highest BCUT2D eigenvalue weighted by Crippen LogP contribution is 2.22. The van der Waals surface area contributed by atoms with Crippen LogP contribution in [0.3, 0.4) is 0 Å². The Morgan fingerprint density at radius 1 is 0.700 bits per heavy atom. The van der Waals surface area contributed by atoms with Crippen molar-refractivity contribution in [2.24, 2.45) is 0 Å². The van der Waals surface area contributed by atoms with Gasteiger partial charge in [-0.25, -0.2) is 0 Å². The van der Waals surface area contributed by atoms with E-state index in [4.69, 9.17) is 0 Å². The molecule has 0 amide bonds. The van der Waals surface area contributed by atoms with E-state index in [1.165, 1.54) is 88.9 Å². The summed E-state index contributed by atoms with van der Waals surface area (Å²) in [5, 5.41) is 0. The Bertz CT molecular complexity index is 669. The van der Waals surface area contributed by atoms with Crippen LogP contribution in [0, 0.1) is 0 Å². The van der Waals surface area contributed by atoms with E-state index >= 15 is 0 Å². The van der Waals surface area contributed by atoms with Gasteiger partial charge in [0.1, 0.15) is 0 Å². The van der Waals surface area contributed by atoms with Crippen LogP contribution in [0.1, 0.15) is 36.8 Å². The van der Waals surface area contributed by atoms with E-state index in [2.05, 4.69) is 82.4 Å². The van der Waals surface area contributed by atoms with Crippen LogP contribution >= 0.6 is 0 Å². The summed E-state index contributed by atoms with van der Waals surface area (Å²) >= 11 is 0. The van der Waals surface area contributed by atoms with Gasteiger partial charge in [0, 0.05) is 38.3 Å². The molecule has 2 heterocycles. The molecular formula is C27H39N3. The van der Waals surface area contributed by atoms with Crippen LogP contribution in [0.2, 0.25) is 0 Å². The zero-order valence-corrected chi connectivity index (χ0v) is 18.8. The minimum Gasteiger partial charge on any atom is -0.301 e. The Morgan fingerprint density at radius 2 is 1.13 bits per heavy atom. The molecule has 2 aliphatic rings. The van der Waals surface area contributed by atoms with Crippen molar-refractivity contribution in [3.8, 4) is 0 Å². The van der Waals surface area contributed by atoms with Crippen LogP contribution < -0.4 is 0 Å². The number of likely N-dealkylation sites (N-methyl/N-ethyl adjacent to an activating group) is 1. The first-order valence-electron chi connectivity index (χ1n) is 12.0. The van der Waals surface area contributed by atoms with Gasteiger partial charge in [0.2, 0.25) is 0 Å². The third-order valence-electron chi connectivity index (χ3n) is 7.23. The zero-order chi connectivity index (χ0) is 20.6.